The summed E-state index contributed by atoms with van der Waals surface area (Å²) in [7, 11) is 0. The van der Waals surface area contributed by atoms with Gasteiger partial charge in [0.2, 0.25) is 0 Å². The lowest BCUT2D eigenvalue weighted by Crippen LogP contribution is -2.58. The number of nitrogens with one attached hydrogen (secondary N) is 2. The van der Waals surface area contributed by atoms with Crippen LogP contribution in [0.25, 0.3) is 0 Å². The molecule has 4 aliphatic rings. The van der Waals surface area contributed by atoms with Crippen molar-refractivity contribution >= 4 is 34.7 Å². The summed E-state index contributed by atoms with van der Waals surface area (Å²) in [6, 6.07) is 9.98. The summed E-state index contributed by atoms with van der Waals surface area (Å²) < 4.78 is 5.62. The lowest BCUT2D eigenvalue weighted by molar-refractivity contribution is -0.187. The van der Waals surface area contributed by atoms with Crippen molar-refractivity contribution in [2.24, 2.45) is 38.6 Å². The molecular weight excluding hydrogens is 454 g/mol. The second kappa shape index (κ2) is 8.86. The zero-order valence-electron chi connectivity index (χ0n) is 21.8. The van der Waals surface area contributed by atoms with Gasteiger partial charge < -0.3 is 10.1 Å². The van der Waals surface area contributed by atoms with Gasteiger partial charge in [-0.2, -0.15) is 5.10 Å². The van der Waals surface area contributed by atoms with Crippen LogP contribution in [0.3, 0.4) is 0 Å². The van der Waals surface area contributed by atoms with Gasteiger partial charge in [0.15, 0.2) is 5.11 Å². The van der Waals surface area contributed by atoms with Crippen molar-refractivity contribution in [3.05, 3.63) is 30.3 Å². The number of carbonyl (C=O) groups is 1. The largest absolute Gasteiger partial charge is 0.466 e. The van der Waals surface area contributed by atoms with Crippen molar-refractivity contribution in [2.45, 2.75) is 85.5 Å². The maximum absolute atomic E-state index is 13.1. The Bertz CT molecular complexity index is 1030. The molecule has 6 atom stereocenters. The van der Waals surface area contributed by atoms with E-state index in [2.05, 4.69) is 31.5 Å². The van der Waals surface area contributed by atoms with Gasteiger partial charge in [-0.15, -0.1) is 0 Å². The van der Waals surface area contributed by atoms with Gasteiger partial charge in [-0.1, -0.05) is 38.5 Å². The standard InChI is InChI=1S/C29H41N3O2S/c1-5-34-24(33)28(4)15-9-14-27(3)21(28)13-17-29-18-23(26(2,19-29)16-12-22(27)29)31-32-25(35)30-20-10-7-6-8-11-20/h6-8,10-11,21-22H,5,9,12-19H2,1-4H3,(H2,30,32,35)/b31-23+/t21-,22-,26-,27+,28+,29-/m0/s1. The molecule has 5 nitrogen and oxygen atoms in total. The van der Waals surface area contributed by atoms with Gasteiger partial charge in [0.05, 0.1) is 12.0 Å². The molecule has 35 heavy (non-hydrogen) atoms. The summed E-state index contributed by atoms with van der Waals surface area (Å²) >= 11 is 5.53. The van der Waals surface area contributed by atoms with Crippen LogP contribution >= 0.6 is 12.2 Å². The fourth-order valence-electron chi connectivity index (χ4n) is 9.04. The first-order valence-corrected chi connectivity index (χ1v) is 13.9. The lowest BCUT2D eigenvalue weighted by atomic mass is 9.40. The van der Waals surface area contributed by atoms with E-state index in [1.54, 1.807) is 0 Å². The Balaban J connectivity index is 1.36. The van der Waals surface area contributed by atoms with Gasteiger partial charge in [-0.25, -0.2) is 0 Å². The highest BCUT2D eigenvalue weighted by atomic mass is 32.1. The highest BCUT2D eigenvalue weighted by Crippen LogP contribution is 2.73. The van der Waals surface area contributed by atoms with Crippen LogP contribution < -0.4 is 10.7 Å². The van der Waals surface area contributed by atoms with E-state index in [1.807, 2.05) is 37.3 Å². The van der Waals surface area contributed by atoms with E-state index in [0.717, 1.165) is 37.8 Å². The molecule has 0 saturated heterocycles. The summed E-state index contributed by atoms with van der Waals surface area (Å²) in [6.07, 6.45) is 10.3. The monoisotopic (exact) mass is 495 g/mol. The minimum absolute atomic E-state index is 0.0322. The van der Waals surface area contributed by atoms with Crippen LogP contribution in [0, 0.1) is 33.5 Å². The first-order valence-electron chi connectivity index (χ1n) is 13.5. The number of rotatable bonds is 4. The zero-order valence-corrected chi connectivity index (χ0v) is 22.6. The molecule has 0 amide bonds. The number of hydrogen-bond acceptors (Lipinski definition) is 4. The van der Waals surface area contributed by atoms with E-state index >= 15 is 0 Å². The van der Waals surface area contributed by atoms with Crippen LogP contribution in [0.5, 0.6) is 0 Å². The number of anilines is 1. The minimum atomic E-state index is -0.349. The molecule has 0 heterocycles. The summed E-state index contributed by atoms with van der Waals surface area (Å²) in [4.78, 5) is 13.1. The third-order valence-corrected chi connectivity index (χ3v) is 10.6. The number of benzene rings is 1. The van der Waals surface area contributed by atoms with Crippen LogP contribution in [0.15, 0.2) is 35.4 Å². The Morgan fingerprint density at radius 2 is 1.83 bits per heavy atom. The van der Waals surface area contributed by atoms with Gasteiger partial charge in [-0.3, -0.25) is 10.2 Å². The number of esters is 1. The number of nitrogens with zero attached hydrogens (tertiary/aromatic N) is 1. The average Bonchev–Trinajstić information content (AvgIpc) is 3.02. The quantitative estimate of drug-likeness (QED) is 0.277. The number of fused-ring (bicyclic) bond motifs is 3. The van der Waals surface area contributed by atoms with Crippen LogP contribution in [0.4, 0.5) is 5.69 Å². The Hall–Kier alpha value is -1.95. The first kappa shape index (κ1) is 24.7. The topological polar surface area (TPSA) is 62.7 Å². The molecule has 4 aliphatic carbocycles. The van der Waals surface area contributed by atoms with Gasteiger partial charge in [0.1, 0.15) is 0 Å². The Kier molecular flexibility index (Phi) is 6.26. The van der Waals surface area contributed by atoms with Gasteiger partial charge in [-0.05, 0) is 112 Å². The minimum Gasteiger partial charge on any atom is -0.466 e. The molecule has 0 aliphatic heterocycles. The van der Waals surface area contributed by atoms with E-state index in [4.69, 9.17) is 22.1 Å². The van der Waals surface area contributed by atoms with Crippen molar-refractivity contribution in [1.82, 2.24) is 5.43 Å². The van der Waals surface area contributed by atoms with Crippen LogP contribution in [-0.2, 0) is 9.53 Å². The van der Waals surface area contributed by atoms with E-state index in [9.17, 15) is 4.79 Å². The van der Waals surface area contributed by atoms with E-state index in [-0.39, 0.29) is 22.2 Å². The van der Waals surface area contributed by atoms with Crippen LogP contribution in [0.2, 0.25) is 0 Å². The summed E-state index contributed by atoms with van der Waals surface area (Å²) in [5, 5.41) is 8.69. The zero-order chi connectivity index (χ0) is 24.9. The molecule has 1 aromatic carbocycles. The SMILES string of the molecule is CCOC(=O)[C@]1(C)CCC[C@@]2(C)[C@@H]3CC[C@@]4(C)C[C@]3(CC[C@@H]21)C/C4=N\NC(=S)Nc1ccccc1. The number of thiocarbonyl (C=S) groups is 1. The molecule has 2 bridgehead atoms. The first-order chi connectivity index (χ1) is 16.7. The number of para-hydroxylation sites is 1. The molecule has 1 aromatic rings. The molecule has 0 unspecified atom stereocenters. The Morgan fingerprint density at radius 1 is 1.09 bits per heavy atom. The molecule has 4 saturated carbocycles. The molecular formula is C29H41N3O2S. The van der Waals surface area contributed by atoms with E-state index < -0.39 is 0 Å². The molecule has 4 fully saturated rings. The Labute approximate surface area is 215 Å². The van der Waals surface area contributed by atoms with Crippen molar-refractivity contribution in [1.29, 1.82) is 0 Å². The number of hydrogen-bond donors (Lipinski definition) is 2. The molecule has 1 spiro atoms. The van der Waals surface area contributed by atoms with Gasteiger partial charge in [0.25, 0.3) is 0 Å². The van der Waals surface area contributed by atoms with Crippen molar-refractivity contribution in [2.75, 3.05) is 11.9 Å². The third kappa shape index (κ3) is 4.00. The Morgan fingerprint density at radius 3 is 2.57 bits per heavy atom. The van der Waals surface area contributed by atoms with Crippen molar-refractivity contribution in [3.63, 3.8) is 0 Å². The highest BCUT2D eigenvalue weighted by molar-refractivity contribution is 7.80. The average molecular weight is 496 g/mol. The van der Waals surface area contributed by atoms with E-state index in [1.165, 1.54) is 31.4 Å². The van der Waals surface area contributed by atoms with Crippen molar-refractivity contribution < 1.29 is 9.53 Å². The predicted molar refractivity (Wildman–Crippen MR) is 145 cm³/mol. The van der Waals surface area contributed by atoms with E-state index in [0.29, 0.717) is 29.0 Å². The van der Waals surface area contributed by atoms with Crippen LogP contribution in [0.1, 0.15) is 85.5 Å². The molecule has 190 valence electrons. The summed E-state index contributed by atoms with van der Waals surface area (Å²) in [5.74, 6) is 1.08. The van der Waals surface area contributed by atoms with Crippen LogP contribution in [-0.4, -0.2) is 23.4 Å². The van der Waals surface area contributed by atoms with Crippen molar-refractivity contribution in [3.8, 4) is 0 Å². The normalized spacial score (nSPS) is 41.0. The second-order valence-corrected chi connectivity index (χ2v) is 12.9. The number of ether oxygens (including phenoxy) is 1. The molecule has 5 rings (SSSR count). The molecule has 0 aromatic heterocycles. The fourth-order valence-corrected chi connectivity index (χ4v) is 9.20. The van der Waals surface area contributed by atoms with Gasteiger partial charge >= 0.3 is 5.97 Å². The smallest absolute Gasteiger partial charge is 0.312 e. The number of hydrazone groups is 1. The fraction of sp³-hybridized carbons (Fsp3) is 0.690. The molecule has 2 N–H and O–H groups in total. The maximum Gasteiger partial charge on any atom is 0.312 e. The number of carbonyl (C=O) groups excluding carboxylic acids is 1. The second-order valence-electron chi connectivity index (χ2n) is 12.4. The maximum atomic E-state index is 13.1. The highest BCUT2D eigenvalue weighted by Gasteiger charge is 2.67. The summed E-state index contributed by atoms with van der Waals surface area (Å²) in [5.41, 5.74) is 5.67. The lowest BCUT2D eigenvalue weighted by Gasteiger charge is -2.64. The predicted octanol–water partition coefficient (Wildman–Crippen LogP) is 6.70. The van der Waals surface area contributed by atoms with Gasteiger partial charge in [0, 0.05) is 16.8 Å². The molecule has 6 heteroatoms. The summed E-state index contributed by atoms with van der Waals surface area (Å²) in [6.45, 7) is 9.51. The third-order valence-electron chi connectivity index (χ3n) is 10.5. The molecule has 0 radical (unpaired) electrons.